The van der Waals surface area contributed by atoms with Gasteiger partial charge in [-0.1, -0.05) is 11.6 Å². The molecule has 0 aliphatic carbocycles. The molecule has 1 N–H and O–H groups in total. The lowest BCUT2D eigenvalue weighted by molar-refractivity contribution is 0.837. The van der Waals surface area contributed by atoms with E-state index >= 15 is 0 Å². The Morgan fingerprint density at radius 2 is 2.31 bits per heavy atom. The van der Waals surface area contributed by atoms with Gasteiger partial charge in [-0.2, -0.15) is 0 Å². The van der Waals surface area contributed by atoms with Crippen molar-refractivity contribution in [3.63, 3.8) is 0 Å². The second-order valence-corrected chi connectivity index (χ2v) is 3.80. The smallest absolute Gasteiger partial charge is 0.0614 e. The molecule has 0 bridgehead atoms. The van der Waals surface area contributed by atoms with Gasteiger partial charge in [-0.15, -0.1) is 0 Å². The Balaban J connectivity index is 2.43. The van der Waals surface area contributed by atoms with Crippen molar-refractivity contribution in [1.29, 1.82) is 0 Å². The lowest BCUT2D eigenvalue weighted by atomic mass is 10.2. The largest absolute Gasteiger partial charge is 0.383 e. The molecule has 0 fully saturated rings. The molecule has 2 nitrogen and oxygen atoms in total. The quantitative estimate of drug-likeness (QED) is 0.686. The molecule has 0 saturated carbocycles. The van der Waals surface area contributed by atoms with Gasteiger partial charge in [-0.3, -0.25) is 0 Å². The number of nitrogens with one attached hydrogen (secondary N) is 1. The van der Waals surface area contributed by atoms with Crippen molar-refractivity contribution >= 4 is 23.0 Å². The van der Waals surface area contributed by atoms with Gasteiger partial charge in [0.25, 0.3) is 0 Å². The average molecular weight is 197 g/mol. The highest BCUT2D eigenvalue weighted by Crippen LogP contribution is 2.30. The van der Waals surface area contributed by atoms with Crippen LogP contribution in [0.3, 0.4) is 0 Å². The van der Waals surface area contributed by atoms with Gasteiger partial charge in [0.2, 0.25) is 0 Å². The molecule has 0 amide bonds. The number of rotatable bonds is 0. The van der Waals surface area contributed by atoms with Crippen LogP contribution < -0.4 is 10.2 Å². The lowest BCUT2D eigenvalue weighted by Gasteiger charge is -2.18. The normalized spacial score (nSPS) is 16.0. The van der Waals surface area contributed by atoms with Gasteiger partial charge in [-0.05, 0) is 24.6 Å². The zero-order valence-corrected chi connectivity index (χ0v) is 8.43. The first-order valence-electron chi connectivity index (χ1n) is 4.52. The summed E-state index contributed by atoms with van der Waals surface area (Å²) in [5.41, 5.74) is 2.38. The highest BCUT2D eigenvalue weighted by atomic mass is 35.5. The zero-order chi connectivity index (χ0) is 9.26. The summed E-state index contributed by atoms with van der Waals surface area (Å²) in [6.07, 6.45) is 1.17. The molecule has 3 heteroatoms. The number of hydrogen-bond donors (Lipinski definition) is 1. The van der Waals surface area contributed by atoms with Crippen molar-refractivity contribution < 1.29 is 0 Å². The van der Waals surface area contributed by atoms with Crippen LogP contribution in [0.1, 0.15) is 6.42 Å². The minimum atomic E-state index is 0.800. The summed E-state index contributed by atoms with van der Waals surface area (Å²) in [7, 11) is 2.10. The molecule has 0 atom stereocenters. The first kappa shape index (κ1) is 8.70. The van der Waals surface area contributed by atoms with E-state index in [0.717, 1.165) is 18.1 Å². The van der Waals surface area contributed by atoms with Crippen LogP contribution in [-0.4, -0.2) is 20.1 Å². The van der Waals surface area contributed by atoms with E-state index in [4.69, 9.17) is 11.6 Å². The molecule has 1 aliphatic heterocycles. The predicted molar refractivity (Wildman–Crippen MR) is 57.8 cm³/mol. The Kier molecular flexibility index (Phi) is 2.32. The maximum absolute atomic E-state index is 5.94. The van der Waals surface area contributed by atoms with E-state index in [1.54, 1.807) is 0 Å². The van der Waals surface area contributed by atoms with Crippen LogP contribution in [0, 0.1) is 0 Å². The molecule has 13 heavy (non-hydrogen) atoms. The van der Waals surface area contributed by atoms with Crippen LogP contribution in [-0.2, 0) is 0 Å². The molecule has 0 saturated heterocycles. The fraction of sp³-hybridized carbons (Fsp3) is 0.400. The van der Waals surface area contributed by atoms with Gasteiger partial charge in [0, 0.05) is 25.2 Å². The molecule has 2 rings (SSSR count). The van der Waals surface area contributed by atoms with Gasteiger partial charge in [0.15, 0.2) is 0 Å². The Labute approximate surface area is 83.5 Å². The highest BCUT2D eigenvalue weighted by molar-refractivity contribution is 6.31. The first-order chi connectivity index (χ1) is 6.27. The van der Waals surface area contributed by atoms with E-state index in [0.29, 0.717) is 0 Å². The van der Waals surface area contributed by atoms with Crippen molar-refractivity contribution in [3.8, 4) is 0 Å². The van der Waals surface area contributed by atoms with Crippen LogP contribution in [0.5, 0.6) is 0 Å². The summed E-state index contributed by atoms with van der Waals surface area (Å²) >= 11 is 5.94. The number of anilines is 2. The summed E-state index contributed by atoms with van der Waals surface area (Å²) in [5, 5.41) is 4.18. The van der Waals surface area contributed by atoms with E-state index in [1.165, 1.54) is 17.8 Å². The number of hydrogen-bond acceptors (Lipinski definition) is 2. The molecular formula is C10H13ClN2. The average Bonchev–Trinajstić information content (AvgIpc) is 2.29. The van der Waals surface area contributed by atoms with Gasteiger partial charge in [-0.25, -0.2) is 0 Å². The Morgan fingerprint density at radius 1 is 1.46 bits per heavy atom. The molecule has 1 aromatic carbocycles. The van der Waals surface area contributed by atoms with Crippen LogP contribution in [0.2, 0.25) is 5.02 Å². The monoisotopic (exact) mass is 196 g/mol. The summed E-state index contributed by atoms with van der Waals surface area (Å²) in [6.45, 7) is 2.12. The van der Waals surface area contributed by atoms with E-state index in [9.17, 15) is 0 Å². The predicted octanol–water partition coefficient (Wildman–Crippen LogP) is 2.59. The Hall–Kier alpha value is -0.890. The molecule has 1 aromatic rings. The van der Waals surface area contributed by atoms with Gasteiger partial charge < -0.3 is 10.2 Å². The third kappa shape index (κ3) is 1.73. The Morgan fingerprint density at radius 3 is 3.15 bits per heavy atom. The SMILES string of the molecule is CN1CCCNc2ccc(Cl)cc21. The maximum atomic E-state index is 5.94. The topological polar surface area (TPSA) is 15.3 Å². The Bertz CT molecular complexity index is 312. The molecule has 0 unspecified atom stereocenters. The lowest BCUT2D eigenvalue weighted by Crippen LogP contribution is -2.17. The summed E-state index contributed by atoms with van der Waals surface area (Å²) in [5.74, 6) is 0. The van der Waals surface area contributed by atoms with Crippen molar-refractivity contribution in [2.75, 3.05) is 30.4 Å². The van der Waals surface area contributed by atoms with E-state index in [-0.39, 0.29) is 0 Å². The van der Waals surface area contributed by atoms with E-state index < -0.39 is 0 Å². The third-order valence-corrected chi connectivity index (χ3v) is 2.59. The van der Waals surface area contributed by atoms with Crippen LogP contribution in [0.25, 0.3) is 0 Å². The molecule has 0 aromatic heterocycles. The minimum absolute atomic E-state index is 0.800. The summed E-state index contributed by atoms with van der Waals surface area (Å²) in [4.78, 5) is 2.24. The third-order valence-electron chi connectivity index (χ3n) is 2.36. The number of halogens is 1. The molecule has 0 spiro atoms. The van der Waals surface area contributed by atoms with Crippen molar-refractivity contribution in [3.05, 3.63) is 23.2 Å². The van der Waals surface area contributed by atoms with Crippen LogP contribution in [0.4, 0.5) is 11.4 Å². The summed E-state index contributed by atoms with van der Waals surface area (Å²) in [6, 6.07) is 5.97. The number of nitrogens with zero attached hydrogens (tertiary/aromatic N) is 1. The molecule has 1 heterocycles. The second kappa shape index (κ2) is 3.46. The number of fused-ring (bicyclic) bond motifs is 1. The van der Waals surface area contributed by atoms with Crippen LogP contribution in [0.15, 0.2) is 18.2 Å². The van der Waals surface area contributed by atoms with E-state index in [1.807, 2.05) is 18.2 Å². The van der Waals surface area contributed by atoms with Gasteiger partial charge >= 0.3 is 0 Å². The fourth-order valence-corrected chi connectivity index (χ4v) is 1.80. The van der Waals surface area contributed by atoms with Crippen molar-refractivity contribution in [2.24, 2.45) is 0 Å². The standard InChI is InChI=1S/C10H13ClN2/c1-13-6-2-5-12-9-4-3-8(11)7-10(9)13/h3-4,7,12H,2,5-6H2,1H3. The molecule has 1 aliphatic rings. The highest BCUT2D eigenvalue weighted by Gasteiger charge is 2.10. The van der Waals surface area contributed by atoms with Gasteiger partial charge in [0.1, 0.15) is 0 Å². The van der Waals surface area contributed by atoms with E-state index in [2.05, 4.69) is 17.3 Å². The first-order valence-corrected chi connectivity index (χ1v) is 4.90. The maximum Gasteiger partial charge on any atom is 0.0614 e. The summed E-state index contributed by atoms with van der Waals surface area (Å²) < 4.78 is 0. The second-order valence-electron chi connectivity index (χ2n) is 3.36. The van der Waals surface area contributed by atoms with Crippen molar-refractivity contribution in [1.82, 2.24) is 0 Å². The van der Waals surface area contributed by atoms with Crippen molar-refractivity contribution in [2.45, 2.75) is 6.42 Å². The van der Waals surface area contributed by atoms with Crippen LogP contribution >= 0.6 is 11.6 Å². The molecule has 70 valence electrons. The zero-order valence-electron chi connectivity index (χ0n) is 7.68. The van der Waals surface area contributed by atoms with Gasteiger partial charge in [0.05, 0.1) is 11.4 Å². The fourth-order valence-electron chi connectivity index (χ4n) is 1.63. The molecular weight excluding hydrogens is 184 g/mol. The molecule has 0 radical (unpaired) electrons. The number of benzene rings is 1. The minimum Gasteiger partial charge on any atom is -0.383 e.